The minimum atomic E-state index is -0.648. The second-order valence-electron chi connectivity index (χ2n) is 5.99. The molecule has 2 amide bonds. The molecule has 0 radical (unpaired) electrons. The van der Waals surface area contributed by atoms with Crippen LogP contribution in [0.5, 0.6) is 0 Å². The van der Waals surface area contributed by atoms with Crippen molar-refractivity contribution >= 4 is 27.7 Å². The maximum absolute atomic E-state index is 11.7. The highest BCUT2D eigenvalue weighted by molar-refractivity contribution is 8.32. The molecule has 0 spiro atoms. The number of benzene rings is 1. The molecule has 0 saturated heterocycles. The quantitative estimate of drug-likeness (QED) is 0.809. The minimum absolute atomic E-state index is 0.0295. The van der Waals surface area contributed by atoms with Gasteiger partial charge in [-0.3, -0.25) is 10.1 Å². The molecule has 1 aromatic carbocycles. The van der Waals surface area contributed by atoms with Crippen LogP contribution < -0.4 is 10.6 Å². The smallest absolute Gasteiger partial charge is 0.411 e. The Morgan fingerprint density at radius 2 is 1.77 bits per heavy atom. The van der Waals surface area contributed by atoms with Crippen LogP contribution in [0.15, 0.2) is 24.3 Å². The molecular weight excluding hydrogens is 300 g/mol. The molecule has 0 aliphatic carbocycles. The molecule has 22 heavy (non-hydrogen) atoms. The van der Waals surface area contributed by atoms with Crippen LogP contribution >= 0.6 is 10.0 Å². The van der Waals surface area contributed by atoms with Crippen molar-refractivity contribution in [1.29, 1.82) is 0 Å². The monoisotopic (exact) mass is 326 g/mol. The number of carbonyl (C=O) groups is 2. The molecule has 0 atom stereocenters. The molecule has 1 rings (SSSR count). The van der Waals surface area contributed by atoms with Crippen LogP contribution in [0.3, 0.4) is 0 Å². The lowest BCUT2D eigenvalue weighted by molar-refractivity contribution is -0.118. The first-order chi connectivity index (χ1) is 10.3. The maximum Gasteiger partial charge on any atom is 0.411 e. The van der Waals surface area contributed by atoms with Gasteiger partial charge in [0.1, 0.15) is 6.61 Å². The number of carbonyl (C=O) groups excluding carboxylic acids is 2. The van der Waals surface area contributed by atoms with Gasteiger partial charge in [-0.05, 0) is 42.9 Å². The van der Waals surface area contributed by atoms with Crippen LogP contribution in [0.1, 0.15) is 12.5 Å². The Bertz CT molecular complexity index is 495. The van der Waals surface area contributed by atoms with Crippen LogP contribution in [0.4, 0.5) is 10.5 Å². The van der Waals surface area contributed by atoms with E-state index in [4.69, 9.17) is 4.74 Å². The maximum atomic E-state index is 11.7. The van der Waals surface area contributed by atoms with Crippen molar-refractivity contribution in [1.82, 2.24) is 5.32 Å². The molecule has 2 N–H and O–H groups in total. The Hall–Kier alpha value is -1.69. The highest BCUT2D eigenvalue weighted by Gasteiger charge is 2.07. The Morgan fingerprint density at radius 3 is 2.32 bits per heavy atom. The molecule has 0 unspecified atom stereocenters. The van der Waals surface area contributed by atoms with Crippen LogP contribution in [0.25, 0.3) is 0 Å². The summed E-state index contributed by atoms with van der Waals surface area (Å²) in [7, 11) is -0.648. The first-order valence-electron chi connectivity index (χ1n) is 7.19. The summed E-state index contributed by atoms with van der Waals surface area (Å²) in [5.41, 5.74) is 1.81. The first kappa shape index (κ1) is 18.4. The zero-order valence-electron chi connectivity index (χ0n) is 13.8. The normalized spacial score (nSPS) is 11.6. The summed E-state index contributed by atoms with van der Waals surface area (Å²) in [6.07, 6.45) is 6.91. The third-order valence-corrected chi connectivity index (χ3v) is 4.31. The van der Waals surface area contributed by atoms with Gasteiger partial charge in [-0.25, -0.2) is 14.8 Å². The second-order valence-corrected chi connectivity index (χ2v) is 10.6. The average Bonchev–Trinajstić information content (AvgIpc) is 2.39. The molecule has 6 heteroatoms. The van der Waals surface area contributed by atoms with E-state index in [0.717, 1.165) is 17.7 Å². The number of ether oxygens (including phenoxy) is 1. The lowest BCUT2D eigenvalue weighted by atomic mass is 10.1. The van der Waals surface area contributed by atoms with E-state index in [9.17, 15) is 9.59 Å². The van der Waals surface area contributed by atoms with Gasteiger partial charge in [-0.15, -0.1) is 0 Å². The highest BCUT2D eigenvalue weighted by Crippen LogP contribution is 2.33. The van der Waals surface area contributed by atoms with Gasteiger partial charge in [-0.2, -0.15) is 0 Å². The summed E-state index contributed by atoms with van der Waals surface area (Å²) < 4.78 is 5.17. The number of hydrogen-bond acceptors (Lipinski definition) is 3. The molecule has 0 heterocycles. The van der Waals surface area contributed by atoms with Gasteiger partial charge >= 0.3 is 6.09 Å². The van der Waals surface area contributed by atoms with Gasteiger partial charge in [0.25, 0.3) is 0 Å². The standard InChI is InChI=1S/C16H26N2O3S/c1-13(19)17-10-9-14-5-7-15(8-6-14)18-16(20)21-11-12-22(2,3)4/h5-8H,9-12H2,1-4H3,(H,17,19)(H,18,20). The Morgan fingerprint density at radius 1 is 1.14 bits per heavy atom. The number of rotatable bonds is 7. The molecule has 0 bridgehead atoms. The summed E-state index contributed by atoms with van der Waals surface area (Å²) >= 11 is 0. The van der Waals surface area contributed by atoms with Crippen molar-refractivity contribution in [2.24, 2.45) is 0 Å². The third kappa shape index (κ3) is 8.56. The van der Waals surface area contributed by atoms with Crippen molar-refractivity contribution in [2.75, 3.05) is 43.0 Å². The van der Waals surface area contributed by atoms with Gasteiger partial charge in [0, 0.05) is 24.9 Å². The van der Waals surface area contributed by atoms with E-state index in [-0.39, 0.29) is 5.91 Å². The van der Waals surface area contributed by atoms with E-state index in [0.29, 0.717) is 18.8 Å². The first-order valence-corrected chi connectivity index (χ1v) is 10.2. The van der Waals surface area contributed by atoms with Crippen LogP contribution in [-0.2, 0) is 16.0 Å². The fourth-order valence-electron chi connectivity index (χ4n) is 1.68. The van der Waals surface area contributed by atoms with Gasteiger partial charge in [0.2, 0.25) is 5.91 Å². The summed E-state index contributed by atoms with van der Waals surface area (Å²) in [5, 5.41) is 5.46. The summed E-state index contributed by atoms with van der Waals surface area (Å²) in [4.78, 5) is 22.4. The number of amides is 2. The molecule has 0 aliphatic rings. The SMILES string of the molecule is CC(=O)NCCc1ccc(NC(=O)OCCS(C)(C)C)cc1. The van der Waals surface area contributed by atoms with Crippen molar-refractivity contribution < 1.29 is 14.3 Å². The molecular formula is C16H26N2O3S. The Kier molecular flexibility index (Phi) is 7.24. The zero-order chi connectivity index (χ0) is 16.6. The number of hydrogen-bond donors (Lipinski definition) is 2. The summed E-state index contributed by atoms with van der Waals surface area (Å²) in [5.74, 6) is 0.876. The summed E-state index contributed by atoms with van der Waals surface area (Å²) in [6.45, 7) is 2.55. The topological polar surface area (TPSA) is 67.4 Å². The van der Waals surface area contributed by atoms with Crippen LogP contribution in [0.2, 0.25) is 0 Å². The lowest BCUT2D eigenvalue weighted by Gasteiger charge is -2.24. The van der Waals surface area contributed by atoms with E-state index in [1.54, 1.807) is 0 Å². The van der Waals surface area contributed by atoms with E-state index in [2.05, 4.69) is 29.4 Å². The van der Waals surface area contributed by atoms with Gasteiger partial charge in [0.05, 0.1) is 0 Å². The minimum Gasteiger partial charge on any atom is -0.448 e. The van der Waals surface area contributed by atoms with Gasteiger partial charge in [-0.1, -0.05) is 12.1 Å². The van der Waals surface area contributed by atoms with Crippen LogP contribution in [-0.4, -0.2) is 49.7 Å². The predicted octanol–water partition coefficient (Wildman–Crippen LogP) is 2.61. The van der Waals surface area contributed by atoms with Gasteiger partial charge in [0.15, 0.2) is 0 Å². The molecule has 124 valence electrons. The van der Waals surface area contributed by atoms with E-state index < -0.39 is 16.1 Å². The van der Waals surface area contributed by atoms with E-state index >= 15 is 0 Å². The van der Waals surface area contributed by atoms with Crippen LogP contribution in [0, 0.1) is 0 Å². The summed E-state index contributed by atoms with van der Waals surface area (Å²) in [6, 6.07) is 7.52. The Labute approximate surface area is 134 Å². The molecule has 5 nitrogen and oxygen atoms in total. The molecule has 0 saturated carbocycles. The van der Waals surface area contributed by atoms with E-state index in [1.807, 2.05) is 24.3 Å². The highest BCUT2D eigenvalue weighted by atomic mass is 32.3. The van der Waals surface area contributed by atoms with Crippen molar-refractivity contribution in [3.63, 3.8) is 0 Å². The van der Waals surface area contributed by atoms with Crippen molar-refractivity contribution in [2.45, 2.75) is 13.3 Å². The fourth-order valence-corrected chi connectivity index (χ4v) is 2.26. The van der Waals surface area contributed by atoms with Crippen molar-refractivity contribution in [3.05, 3.63) is 29.8 Å². The lowest BCUT2D eigenvalue weighted by Crippen LogP contribution is -2.22. The number of anilines is 1. The largest absolute Gasteiger partial charge is 0.448 e. The second kappa shape index (κ2) is 8.68. The molecule has 0 aromatic heterocycles. The zero-order valence-corrected chi connectivity index (χ0v) is 14.6. The Balaban J connectivity index is 2.34. The van der Waals surface area contributed by atoms with Gasteiger partial charge < -0.3 is 10.1 Å². The molecule has 1 aromatic rings. The molecule has 0 fully saturated rings. The third-order valence-electron chi connectivity index (χ3n) is 2.92. The van der Waals surface area contributed by atoms with Crippen molar-refractivity contribution in [3.8, 4) is 0 Å². The molecule has 0 aliphatic heterocycles. The average molecular weight is 326 g/mol. The fraction of sp³-hybridized carbons (Fsp3) is 0.500. The van der Waals surface area contributed by atoms with E-state index in [1.165, 1.54) is 6.92 Å². The number of nitrogens with one attached hydrogen (secondary N) is 2. The predicted molar refractivity (Wildman–Crippen MR) is 94.0 cm³/mol.